The molecule has 84 valence electrons. The number of rotatable bonds is 6. The summed E-state index contributed by atoms with van der Waals surface area (Å²) >= 11 is 3.52. The average molecular weight is 264 g/mol. The maximum Gasteiger partial charge on any atom is 0.0477 e. The zero-order valence-electron chi connectivity index (χ0n) is 9.34. The lowest BCUT2D eigenvalue weighted by Crippen LogP contribution is -2.31. The topological polar surface area (TPSA) is 12.5 Å². The van der Waals surface area contributed by atoms with Crippen molar-refractivity contribution in [1.82, 2.24) is 4.90 Å². The minimum Gasteiger partial charge on any atom is -0.385 e. The van der Waals surface area contributed by atoms with Crippen molar-refractivity contribution in [2.45, 2.75) is 32.2 Å². The van der Waals surface area contributed by atoms with Gasteiger partial charge in [-0.2, -0.15) is 0 Å². The predicted molar refractivity (Wildman–Crippen MR) is 64.0 cm³/mol. The van der Waals surface area contributed by atoms with Crippen LogP contribution in [0.5, 0.6) is 0 Å². The number of likely N-dealkylation sites (tertiary alicyclic amines) is 1. The van der Waals surface area contributed by atoms with E-state index >= 15 is 0 Å². The second-order valence-electron chi connectivity index (χ2n) is 4.26. The van der Waals surface area contributed by atoms with E-state index in [0.717, 1.165) is 24.3 Å². The van der Waals surface area contributed by atoms with Gasteiger partial charge in [0, 0.05) is 31.6 Å². The molecule has 2 nitrogen and oxygen atoms in total. The molecule has 1 heterocycles. The first-order valence-electron chi connectivity index (χ1n) is 5.57. The Morgan fingerprint density at radius 3 is 3.00 bits per heavy atom. The summed E-state index contributed by atoms with van der Waals surface area (Å²) in [6.45, 7) is 5.77. The summed E-state index contributed by atoms with van der Waals surface area (Å²) in [5, 5.41) is 1.15. The number of nitrogens with zero attached hydrogens (tertiary/aromatic N) is 1. The molecule has 1 rings (SSSR count). The molecule has 2 atom stereocenters. The molecule has 14 heavy (non-hydrogen) atoms. The van der Waals surface area contributed by atoms with Crippen LogP contribution in [-0.2, 0) is 4.74 Å². The molecule has 0 aromatic heterocycles. The van der Waals surface area contributed by atoms with Gasteiger partial charge in [0.25, 0.3) is 0 Å². The molecule has 1 fully saturated rings. The van der Waals surface area contributed by atoms with E-state index in [0.29, 0.717) is 6.04 Å². The first kappa shape index (κ1) is 12.5. The van der Waals surface area contributed by atoms with Crippen LogP contribution in [0.25, 0.3) is 0 Å². The predicted octanol–water partition coefficient (Wildman–Crippen LogP) is 2.52. The zero-order valence-corrected chi connectivity index (χ0v) is 10.9. The first-order chi connectivity index (χ1) is 6.77. The minimum absolute atomic E-state index is 0.690. The molecule has 0 bridgehead atoms. The lowest BCUT2D eigenvalue weighted by molar-refractivity contribution is 0.150. The Morgan fingerprint density at radius 2 is 2.36 bits per heavy atom. The third kappa shape index (κ3) is 3.87. The fraction of sp³-hybridized carbons (Fsp3) is 1.00. The second-order valence-corrected chi connectivity index (χ2v) is 5.05. The van der Waals surface area contributed by atoms with Crippen LogP contribution in [0, 0.1) is 5.92 Å². The van der Waals surface area contributed by atoms with Crippen LogP contribution in [0.15, 0.2) is 0 Å². The highest BCUT2D eigenvalue weighted by atomic mass is 79.9. The third-order valence-electron chi connectivity index (χ3n) is 3.20. The largest absolute Gasteiger partial charge is 0.385 e. The fourth-order valence-electron chi connectivity index (χ4n) is 2.12. The number of ether oxygens (including phenoxy) is 1. The molecule has 1 aliphatic heterocycles. The van der Waals surface area contributed by atoms with Gasteiger partial charge in [-0.05, 0) is 38.6 Å². The number of hydrogen-bond donors (Lipinski definition) is 0. The van der Waals surface area contributed by atoms with Gasteiger partial charge in [0.15, 0.2) is 0 Å². The molecule has 0 N–H and O–H groups in total. The minimum atomic E-state index is 0.690. The normalized spacial score (nSPS) is 25.5. The molecule has 0 aliphatic carbocycles. The van der Waals surface area contributed by atoms with Gasteiger partial charge in [-0.1, -0.05) is 15.9 Å². The molecule has 0 spiro atoms. The zero-order chi connectivity index (χ0) is 10.4. The summed E-state index contributed by atoms with van der Waals surface area (Å²) < 4.78 is 5.11. The molecule has 0 saturated carbocycles. The highest BCUT2D eigenvalue weighted by Gasteiger charge is 2.24. The van der Waals surface area contributed by atoms with Crippen LogP contribution in [0.3, 0.4) is 0 Å². The Kier molecular flexibility index (Phi) is 6.06. The van der Waals surface area contributed by atoms with Crippen molar-refractivity contribution in [2.75, 3.05) is 32.1 Å². The number of hydrogen-bond acceptors (Lipinski definition) is 2. The van der Waals surface area contributed by atoms with Crippen molar-refractivity contribution < 1.29 is 4.74 Å². The summed E-state index contributed by atoms with van der Waals surface area (Å²) in [4.78, 5) is 2.60. The molecular formula is C11H22BrNO. The lowest BCUT2D eigenvalue weighted by Gasteiger charge is -2.23. The molecule has 3 heteroatoms. The van der Waals surface area contributed by atoms with Crippen molar-refractivity contribution in [2.24, 2.45) is 5.92 Å². The average Bonchev–Trinajstić information content (AvgIpc) is 2.63. The van der Waals surface area contributed by atoms with E-state index in [1.165, 1.54) is 25.9 Å². The monoisotopic (exact) mass is 263 g/mol. The Balaban J connectivity index is 2.19. The molecule has 1 saturated heterocycles. The summed E-state index contributed by atoms with van der Waals surface area (Å²) in [6, 6.07) is 0.690. The quantitative estimate of drug-likeness (QED) is 0.683. The van der Waals surface area contributed by atoms with E-state index in [1.807, 2.05) is 0 Å². The van der Waals surface area contributed by atoms with Crippen LogP contribution in [0.1, 0.15) is 26.2 Å². The SMILES string of the molecule is COCCC(C)N1CCC(CCBr)C1. The van der Waals surface area contributed by atoms with Gasteiger partial charge >= 0.3 is 0 Å². The van der Waals surface area contributed by atoms with Crippen molar-refractivity contribution in [3.63, 3.8) is 0 Å². The van der Waals surface area contributed by atoms with E-state index < -0.39 is 0 Å². The number of alkyl halides is 1. The van der Waals surface area contributed by atoms with Gasteiger partial charge < -0.3 is 9.64 Å². The lowest BCUT2D eigenvalue weighted by atomic mass is 10.1. The molecule has 1 aliphatic rings. The Labute approximate surface area is 96.1 Å². The van der Waals surface area contributed by atoms with Crippen LogP contribution in [0.4, 0.5) is 0 Å². The van der Waals surface area contributed by atoms with Crippen LogP contribution < -0.4 is 0 Å². The van der Waals surface area contributed by atoms with Crippen LogP contribution in [0.2, 0.25) is 0 Å². The molecule has 2 unspecified atom stereocenters. The number of methoxy groups -OCH3 is 1. The van der Waals surface area contributed by atoms with Crippen molar-refractivity contribution in [3.8, 4) is 0 Å². The van der Waals surface area contributed by atoms with Gasteiger partial charge in [0.2, 0.25) is 0 Å². The van der Waals surface area contributed by atoms with Crippen LogP contribution in [-0.4, -0.2) is 43.1 Å². The Morgan fingerprint density at radius 1 is 1.57 bits per heavy atom. The van der Waals surface area contributed by atoms with E-state index in [2.05, 4.69) is 27.8 Å². The standard InChI is InChI=1S/C11H22BrNO/c1-10(5-8-14-2)13-7-4-11(9-13)3-6-12/h10-11H,3-9H2,1-2H3. The van der Waals surface area contributed by atoms with Crippen molar-refractivity contribution in [1.29, 1.82) is 0 Å². The fourth-order valence-corrected chi connectivity index (χ4v) is 2.77. The molecular weight excluding hydrogens is 242 g/mol. The van der Waals surface area contributed by atoms with Crippen molar-refractivity contribution in [3.05, 3.63) is 0 Å². The molecule has 0 amide bonds. The molecule has 0 aromatic rings. The summed E-state index contributed by atoms with van der Waals surface area (Å²) in [6.07, 6.45) is 3.87. The van der Waals surface area contributed by atoms with Crippen molar-refractivity contribution >= 4 is 15.9 Å². The van der Waals surface area contributed by atoms with E-state index in [-0.39, 0.29) is 0 Å². The van der Waals surface area contributed by atoms with E-state index in [9.17, 15) is 0 Å². The van der Waals surface area contributed by atoms with Gasteiger partial charge in [-0.15, -0.1) is 0 Å². The summed E-state index contributed by atoms with van der Waals surface area (Å²) in [5.74, 6) is 0.916. The van der Waals surface area contributed by atoms with Gasteiger partial charge in [-0.3, -0.25) is 0 Å². The highest BCUT2D eigenvalue weighted by Crippen LogP contribution is 2.22. The summed E-state index contributed by atoms with van der Waals surface area (Å²) in [5.41, 5.74) is 0. The van der Waals surface area contributed by atoms with E-state index in [4.69, 9.17) is 4.74 Å². The third-order valence-corrected chi connectivity index (χ3v) is 3.66. The van der Waals surface area contributed by atoms with Gasteiger partial charge in [-0.25, -0.2) is 0 Å². The molecule has 0 radical (unpaired) electrons. The maximum absolute atomic E-state index is 5.11. The Bertz CT molecular complexity index is 154. The summed E-state index contributed by atoms with van der Waals surface area (Å²) in [7, 11) is 1.78. The molecule has 0 aromatic carbocycles. The van der Waals surface area contributed by atoms with Gasteiger partial charge in [0.05, 0.1) is 0 Å². The second kappa shape index (κ2) is 6.81. The van der Waals surface area contributed by atoms with Crippen LogP contribution >= 0.6 is 15.9 Å². The number of halogens is 1. The van der Waals surface area contributed by atoms with Gasteiger partial charge in [0.1, 0.15) is 0 Å². The smallest absolute Gasteiger partial charge is 0.0477 e. The maximum atomic E-state index is 5.11. The Hall–Kier alpha value is 0.400. The highest BCUT2D eigenvalue weighted by molar-refractivity contribution is 9.09. The first-order valence-corrected chi connectivity index (χ1v) is 6.69. The van der Waals surface area contributed by atoms with E-state index in [1.54, 1.807) is 7.11 Å².